The molecule has 5 aromatic rings. The van der Waals surface area contributed by atoms with Gasteiger partial charge in [-0.15, -0.1) is 0 Å². The molecule has 34 heavy (non-hydrogen) atoms. The zero-order chi connectivity index (χ0) is 23.7. The van der Waals surface area contributed by atoms with E-state index in [1.54, 1.807) is 22.6 Å². The molecule has 0 aliphatic heterocycles. The van der Waals surface area contributed by atoms with E-state index < -0.39 is 0 Å². The van der Waals surface area contributed by atoms with Gasteiger partial charge in [-0.2, -0.15) is 0 Å². The zero-order valence-electron chi connectivity index (χ0n) is 18.6. The third-order valence-corrected chi connectivity index (χ3v) is 6.38. The minimum Gasteiger partial charge on any atom is -0.493 e. The molecule has 1 N–H and O–H groups in total. The molecule has 8 heteroatoms. The summed E-state index contributed by atoms with van der Waals surface area (Å²) in [6, 6.07) is 20.4. The van der Waals surface area contributed by atoms with E-state index >= 15 is 0 Å². The molecule has 2 aromatic heterocycles. The number of carbonyl (C=O) groups is 1. The predicted molar refractivity (Wildman–Crippen MR) is 134 cm³/mol. The number of rotatable bonds is 6. The van der Waals surface area contributed by atoms with Crippen LogP contribution in [0.1, 0.15) is 11.1 Å². The number of aromatic nitrogens is 2. The maximum atomic E-state index is 13.0. The number of carbonyl (C=O) groups excluding carboxylic acids is 1. The Labute approximate surface area is 198 Å². The highest BCUT2D eigenvalue weighted by Crippen LogP contribution is 2.28. The lowest BCUT2D eigenvalue weighted by Crippen LogP contribution is -2.22. The van der Waals surface area contributed by atoms with E-state index in [0.29, 0.717) is 21.0 Å². The largest absolute Gasteiger partial charge is 0.493 e. The summed E-state index contributed by atoms with van der Waals surface area (Å²) < 4.78 is 13.4. The van der Waals surface area contributed by atoms with E-state index in [2.05, 4.69) is 10.3 Å². The van der Waals surface area contributed by atoms with Crippen molar-refractivity contribution in [1.29, 1.82) is 0 Å². The van der Waals surface area contributed by atoms with Gasteiger partial charge in [-0.3, -0.25) is 9.59 Å². The number of imidazole rings is 1. The second kappa shape index (κ2) is 8.99. The highest BCUT2D eigenvalue weighted by molar-refractivity contribution is 7.15. The van der Waals surface area contributed by atoms with Crippen molar-refractivity contribution >= 4 is 45.0 Å². The van der Waals surface area contributed by atoms with Crippen molar-refractivity contribution < 1.29 is 14.3 Å². The lowest BCUT2D eigenvalue weighted by molar-refractivity contribution is -0.118. The standard InChI is InChI=1S/C26H21N3O4S/c1-16-7-3-4-8-18(16)27-24(30)15-33-21-12-11-17(13-22(21)32-2)14-23-25(31)29-20-10-6-5-9-19(20)28-26(29)34-23/h3-14H,15H2,1-2H3,(H,27,30). The highest BCUT2D eigenvalue weighted by Gasteiger charge is 2.12. The first kappa shape index (κ1) is 21.7. The highest BCUT2D eigenvalue weighted by atomic mass is 32.1. The van der Waals surface area contributed by atoms with Gasteiger partial charge in [0.2, 0.25) is 0 Å². The van der Waals surface area contributed by atoms with Crippen LogP contribution in [-0.4, -0.2) is 29.0 Å². The van der Waals surface area contributed by atoms with Crippen LogP contribution in [0.25, 0.3) is 22.1 Å². The SMILES string of the molecule is COc1cc(C=c2sc3nc4ccccc4n3c2=O)ccc1OCC(=O)Nc1ccccc1C. The van der Waals surface area contributed by atoms with Gasteiger partial charge in [0.25, 0.3) is 11.5 Å². The molecule has 0 bridgehead atoms. The monoisotopic (exact) mass is 471 g/mol. The lowest BCUT2D eigenvalue weighted by Gasteiger charge is -2.12. The van der Waals surface area contributed by atoms with E-state index in [9.17, 15) is 9.59 Å². The van der Waals surface area contributed by atoms with Crippen LogP contribution in [-0.2, 0) is 4.79 Å². The van der Waals surface area contributed by atoms with Gasteiger partial charge in [0.1, 0.15) is 0 Å². The Balaban J connectivity index is 1.37. The summed E-state index contributed by atoms with van der Waals surface area (Å²) in [6.45, 7) is 1.77. The number of fused-ring (bicyclic) bond motifs is 3. The first-order valence-electron chi connectivity index (χ1n) is 10.6. The molecule has 0 unspecified atom stereocenters. The molecular weight excluding hydrogens is 450 g/mol. The number of hydrogen-bond donors (Lipinski definition) is 1. The summed E-state index contributed by atoms with van der Waals surface area (Å²) >= 11 is 1.34. The maximum absolute atomic E-state index is 13.0. The van der Waals surface area contributed by atoms with Crippen LogP contribution in [0.4, 0.5) is 5.69 Å². The van der Waals surface area contributed by atoms with Crippen LogP contribution < -0.4 is 24.9 Å². The van der Waals surface area contributed by atoms with E-state index in [-0.39, 0.29) is 18.1 Å². The molecule has 3 aromatic carbocycles. The van der Waals surface area contributed by atoms with E-state index in [1.807, 2.05) is 61.5 Å². The van der Waals surface area contributed by atoms with Crippen LogP contribution in [0, 0.1) is 6.92 Å². The number of thiazole rings is 1. The van der Waals surface area contributed by atoms with Crippen LogP contribution >= 0.6 is 11.3 Å². The molecule has 0 atom stereocenters. The number of anilines is 1. The van der Waals surface area contributed by atoms with Crippen molar-refractivity contribution in [2.24, 2.45) is 0 Å². The zero-order valence-corrected chi connectivity index (χ0v) is 19.4. The molecule has 0 saturated carbocycles. The van der Waals surface area contributed by atoms with Crippen molar-refractivity contribution in [3.8, 4) is 11.5 Å². The summed E-state index contributed by atoms with van der Waals surface area (Å²) in [5, 5.41) is 2.84. The van der Waals surface area contributed by atoms with Crippen molar-refractivity contribution in [2.45, 2.75) is 6.92 Å². The van der Waals surface area contributed by atoms with Crippen LogP contribution in [0.15, 0.2) is 71.5 Å². The van der Waals surface area contributed by atoms with Gasteiger partial charge in [-0.25, -0.2) is 9.38 Å². The molecule has 2 heterocycles. The molecule has 0 fully saturated rings. The quantitative estimate of drug-likeness (QED) is 0.408. The fraction of sp³-hybridized carbons (Fsp3) is 0.115. The number of amides is 1. The number of ether oxygens (including phenoxy) is 2. The number of methoxy groups -OCH3 is 1. The van der Waals surface area contributed by atoms with Crippen molar-refractivity contribution in [1.82, 2.24) is 9.38 Å². The predicted octanol–water partition coefficient (Wildman–Crippen LogP) is 3.79. The van der Waals surface area contributed by atoms with Gasteiger partial charge in [0.15, 0.2) is 23.1 Å². The Bertz CT molecular complexity index is 1640. The fourth-order valence-corrected chi connectivity index (χ4v) is 4.69. The smallest absolute Gasteiger partial charge is 0.274 e. The minimum absolute atomic E-state index is 0.110. The molecule has 0 aliphatic rings. The van der Waals surface area contributed by atoms with Gasteiger partial charge < -0.3 is 14.8 Å². The molecule has 0 saturated heterocycles. The number of benzene rings is 3. The van der Waals surface area contributed by atoms with Gasteiger partial charge in [0.05, 0.1) is 22.7 Å². The Morgan fingerprint density at radius 2 is 1.88 bits per heavy atom. The Kier molecular flexibility index (Phi) is 5.73. The van der Waals surface area contributed by atoms with Gasteiger partial charge in [0, 0.05) is 5.69 Å². The van der Waals surface area contributed by atoms with E-state index in [4.69, 9.17) is 9.47 Å². The average molecular weight is 472 g/mol. The lowest BCUT2D eigenvalue weighted by atomic mass is 10.2. The number of nitrogens with zero attached hydrogens (tertiary/aromatic N) is 2. The normalized spacial score (nSPS) is 11.8. The van der Waals surface area contributed by atoms with Crippen LogP contribution in [0.2, 0.25) is 0 Å². The third kappa shape index (κ3) is 4.11. The topological polar surface area (TPSA) is 81.9 Å². The molecule has 0 spiro atoms. The van der Waals surface area contributed by atoms with Crippen molar-refractivity contribution in [3.63, 3.8) is 0 Å². The number of hydrogen-bond acceptors (Lipinski definition) is 6. The van der Waals surface area contributed by atoms with Gasteiger partial charge >= 0.3 is 0 Å². The van der Waals surface area contributed by atoms with E-state index in [1.165, 1.54) is 18.4 Å². The Hall–Kier alpha value is -4.17. The van der Waals surface area contributed by atoms with Crippen LogP contribution in [0.3, 0.4) is 0 Å². The maximum Gasteiger partial charge on any atom is 0.274 e. The Morgan fingerprint density at radius 1 is 1.09 bits per heavy atom. The van der Waals surface area contributed by atoms with Crippen molar-refractivity contribution in [3.05, 3.63) is 92.7 Å². The second-order valence-electron chi connectivity index (χ2n) is 7.70. The van der Waals surface area contributed by atoms with Crippen molar-refractivity contribution in [2.75, 3.05) is 19.0 Å². The number of para-hydroxylation sites is 3. The molecular formula is C26H21N3O4S. The molecule has 5 rings (SSSR count). The van der Waals surface area contributed by atoms with Gasteiger partial charge in [-0.05, 0) is 54.5 Å². The molecule has 1 amide bonds. The molecule has 7 nitrogen and oxygen atoms in total. The Morgan fingerprint density at radius 3 is 2.71 bits per heavy atom. The number of nitrogens with one attached hydrogen (secondary N) is 1. The van der Waals surface area contributed by atoms with E-state index in [0.717, 1.165) is 27.8 Å². The average Bonchev–Trinajstić information content (AvgIpc) is 3.35. The number of aryl methyl sites for hydroxylation is 1. The second-order valence-corrected chi connectivity index (χ2v) is 8.71. The van der Waals surface area contributed by atoms with Gasteiger partial charge in [-0.1, -0.05) is 47.7 Å². The third-order valence-electron chi connectivity index (χ3n) is 5.41. The summed E-state index contributed by atoms with van der Waals surface area (Å²) in [5.74, 6) is 0.641. The van der Waals surface area contributed by atoms with Crippen LogP contribution in [0.5, 0.6) is 11.5 Å². The fourth-order valence-electron chi connectivity index (χ4n) is 3.70. The minimum atomic E-state index is -0.267. The molecule has 0 radical (unpaired) electrons. The first-order valence-corrected chi connectivity index (χ1v) is 11.4. The molecule has 170 valence electrons. The first-order chi connectivity index (χ1) is 16.5. The summed E-state index contributed by atoms with van der Waals surface area (Å²) in [5.41, 5.74) is 3.98. The summed E-state index contributed by atoms with van der Waals surface area (Å²) in [7, 11) is 1.53. The molecule has 0 aliphatic carbocycles. The summed E-state index contributed by atoms with van der Waals surface area (Å²) in [4.78, 5) is 30.5. The summed E-state index contributed by atoms with van der Waals surface area (Å²) in [6.07, 6.45) is 1.80.